The maximum atomic E-state index is 12.3. The average molecular weight is 355 g/mol. The fourth-order valence-corrected chi connectivity index (χ4v) is 2.30. The maximum Gasteiger partial charge on any atom is 0.255 e. The summed E-state index contributed by atoms with van der Waals surface area (Å²) in [6.07, 6.45) is 0. The molecule has 0 fully saturated rings. The summed E-state index contributed by atoms with van der Waals surface area (Å²) in [5.74, 6) is -0.433. The molecule has 0 bridgehead atoms. The van der Waals surface area contributed by atoms with Crippen molar-refractivity contribution in [3.8, 4) is 0 Å². The number of amides is 2. The summed E-state index contributed by atoms with van der Waals surface area (Å²) in [6.45, 7) is 5.49. The van der Waals surface area contributed by atoms with Crippen LogP contribution >= 0.6 is 12.2 Å². The summed E-state index contributed by atoms with van der Waals surface area (Å²) < 4.78 is 0. The molecule has 2 rings (SSSR count). The van der Waals surface area contributed by atoms with E-state index >= 15 is 0 Å². The number of thiocarbonyl (C=S) groups is 1. The molecule has 0 aliphatic heterocycles. The number of carbonyl (C=O) groups is 2. The molecule has 6 heteroatoms. The third kappa shape index (κ3) is 5.39. The molecule has 0 saturated carbocycles. The summed E-state index contributed by atoms with van der Waals surface area (Å²) in [4.78, 5) is 23.9. The van der Waals surface area contributed by atoms with Crippen LogP contribution in [-0.2, 0) is 4.79 Å². The summed E-state index contributed by atoms with van der Waals surface area (Å²) >= 11 is 5.10. The highest BCUT2D eigenvalue weighted by Gasteiger charge is 2.10. The van der Waals surface area contributed by atoms with Gasteiger partial charge in [-0.05, 0) is 55.0 Å². The normalized spacial score (nSPS) is 10.2. The van der Waals surface area contributed by atoms with Gasteiger partial charge >= 0.3 is 0 Å². The Morgan fingerprint density at radius 2 is 1.48 bits per heavy atom. The highest BCUT2D eigenvalue weighted by molar-refractivity contribution is 7.80. The van der Waals surface area contributed by atoms with Gasteiger partial charge in [0.15, 0.2) is 5.11 Å². The average Bonchev–Trinajstić information content (AvgIpc) is 2.56. The van der Waals surface area contributed by atoms with E-state index in [2.05, 4.69) is 16.0 Å². The van der Waals surface area contributed by atoms with Crippen molar-refractivity contribution in [2.24, 2.45) is 5.92 Å². The molecule has 3 N–H and O–H groups in total. The van der Waals surface area contributed by atoms with Crippen molar-refractivity contribution in [1.29, 1.82) is 0 Å². The largest absolute Gasteiger partial charge is 0.332 e. The third-order valence-corrected chi connectivity index (χ3v) is 3.76. The number of benzene rings is 2. The van der Waals surface area contributed by atoms with Crippen LogP contribution in [0.25, 0.3) is 0 Å². The Kier molecular flexibility index (Phi) is 6.25. The van der Waals surface area contributed by atoms with Gasteiger partial charge in [0.2, 0.25) is 5.91 Å². The van der Waals surface area contributed by atoms with Gasteiger partial charge in [-0.1, -0.05) is 32.0 Å². The quantitative estimate of drug-likeness (QED) is 0.731. The lowest BCUT2D eigenvalue weighted by atomic mass is 10.1. The molecule has 2 amide bonds. The van der Waals surface area contributed by atoms with Gasteiger partial charge < -0.3 is 16.0 Å². The van der Waals surface area contributed by atoms with Crippen molar-refractivity contribution in [3.63, 3.8) is 0 Å². The van der Waals surface area contributed by atoms with Gasteiger partial charge in [-0.25, -0.2) is 0 Å². The van der Waals surface area contributed by atoms with E-state index in [4.69, 9.17) is 12.2 Å². The molecule has 0 radical (unpaired) electrons. The van der Waals surface area contributed by atoms with Crippen molar-refractivity contribution in [1.82, 2.24) is 5.32 Å². The number of aryl methyl sites for hydroxylation is 1. The van der Waals surface area contributed by atoms with Crippen molar-refractivity contribution in [2.45, 2.75) is 20.8 Å². The molecule has 0 spiro atoms. The summed E-state index contributed by atoms with van der Waals surface area (Å²) in [5.41, 5.74) is 2.96. The second kappa shape index (κ2) is 8.39. The molecule has 0 aliphatic carbocycles. The lowest BCUT2D eigenvalue weighted by Gasteiger charge is -2.12. The summed E-state index contributed by atoms with van der Waals surface area (Å²) in [7, 11) is 0. The Morgan fingerprint density at radius 1 is 0.920 bits per heavy atom. The first-order chi connectivity index (χ1) is 11.9. The van der Waals surface area contributed by atoms with Crippen LogP contribution in [0.2, 0.25) is 0 Å². The van der Waals surface area contributed by atoms with E-state index in [0.717, 1.165) is 11.3 Å². The molecule has 0 saturated heterocycles. The molecule has 0 unspecified atom stereocenters. The fourth-order valence-electron chi connectivity index (χ4n) is 2.08. The first-order valence-electron chi connectivity index (χ1n) is 7.95. The first kappa shape index (κ1) is 18.6. The summed E-state index contributed by atoms with van der Waals surface area (Å²) in [6, 6.07) is 14.5. The molecule has 2 aromatic carbocycles. The van der Waals surface area contributed by atoms with E-state index in [0.29, 0.717) is 11.3 Å². The van der Waals surface area contributed by atoms with Crippen LogP contribution in [0.4, 0.5) is 11.4 Å². The first-order valence-corrected chi connectivity index (χ1v) is 8.36. The highest BCUT2D eigenvalue weighted by atomic mass is 32.1. The topological polar surface area (TPSA) is 70.2 Å². The van der Waals surface area contributed by atoms with Crippen LogP contribution in [0.5, 0.6) is 0 Å². The number of rotatable bonds is 4. The highest BCUT2D eigenvalue weighted by Crippen LogP contribution is 2.16. The molecule has 0 atom stereocenters. The minimum Gasteiger partial charge on any atom is -0.332 e. The fraction of sp³-hybridized carbons (Fsp3) is 0.211. The Labute approximate surface area is 152 Å². The van der Waals surface area contributed by atoms with Crippen LogP contribution in [0.15, 0.2) is 48.5 Å². The van der Waals surface area contributed by atoms with Crippen LogP contribution in [0, 0.1) is 12.8 Å². The molecular weight excluding hydrogens is 334 g/mol. The smallest absolute Gasteiger partial charge is 0.255 e. The van der Waals surface area contributed by atoms with Gasteiger partial charge in [-0.15, -0.1) is 0 Å². The molecule has 0 aliphatic rings. The van der Waals surface area contributed by atoms with Gasteiger partial charge in [0.05, 0.1) is 0 Å². The minimum atomic E-state index is -0.154. The second-order valence-corrected chi connectivity index (χ2v) is 6.35. The molecule has 130 valence electrons. The van der Waals surface area contributed by atoms with Gasteiger partial charge in [-0.3, -0.25) is 9.59 Å². The lowest BCUT2D eigenvalue weighted by Crippen LogP contribution is -2.36. The minimum absolute atomic E-state index is 0.139. The van der Waals surface area contributed by atoms with Gasteiger partial charge in [-0.2, -0.15) is 0 Å². The molecular formula is C19H21N3O2S. The number of hydrogen-bond donors (Lipinski definition) is 3. The van der Waals surface area contributed by atoms with E-state index < -0.39 is 0 Å². The number of hydrogen-bond acceptors (Lipinski definition) is 3. The Morgan fingerprint density at radius 3 is 2.04 bits per heavy atom. The van der Waals surface area contributed by atoms with E-state index in [1.54, 1.807) is 44.2 Å². The number of anilines is 2. The van der Waals surface area contributed by atoms with Crippen molar-refractivity contribution >= 4 is 40.5 Å². The van der Waals surface area contributed by atoms with E-state index in [1.165, 1.54) is 0 Å². The zero-order chi connectivity index (χ0) is 18.4. The van der Waals surface area contributed by atoms with Gasteiger partial charge in [0, 0.05) is 22.9 Å². The molecule has 0 aromatic heterocycles. The van der Waals surface area contributed by atoms with E-state index in [-0.39, 0.29) is 22.8 Å². The van der Waals surface area contributed by atoms with Gasteiger partial charge in [0.1, 0.15) is 0 Å². The van der Waals surface area contributed by atoms with E-state index in [9.17, 15) is 9.59 Å². The molecule has 0 heterocycles. The van der Waals surface area contributed by atoms with Crippen molar-refractivity contribution < 1.29 is 9.59 Å². The molecule has 25 heavy (non-hydrogen) atoms. The zero-order valence-corrected chi connectivity index (χ0v) is 15.2. The van der Waals surface area contributed by atoms with Crippen LogP contribution in [-0.4, -0.2) is 16.9 Å². The second-order valence-electron chi connectivity index (χ2n) is 5.94. The summed E-state index contributed by atoms with van der Waals surface area (Å²) in [5, 5.41) is 8.65. The molecule has 2 aromatic rings. The monoisotopic (exact) mass is 355 g/mol. The van der Waals surface area contributed by atoms with Crippen molar-refractivity contribution in [3.05, 3.63) is 59.7 Å². The number of carbonyl (C=O) groups excluding carboxylic acids is 2. The van der Waals surface area contributed by atoms with Crippen LogP contribution in [0.1, 0.15) is 29.8 Å². The zero-order valence-electron chi connectivity index (χ0n) is 14.4. The maximum absolute atomic E-state index is 12.3. The standard InChI is InChI=1S/C19H21N3O2S/c1-12(2)17(23)22-19(25)21-15-10-8-14(9-11-15)20-18(24)16-7-5-4-6-13(16)3/h4-12H,1-3H3,(H,20,24)(H2,21,22,23,25). The number of nitrogens with one attached hydrogen (secondary N) is 3. The third-order valence-electron chi connectivity index (χ3n) is 3.55. The Balaban J connectivity index is 1.96. The Hall–Kier alpha value is -2.73. The Bertz CT molecular complexity index is 786. The lowest BCUT2D eigenvalue weighted by molar-refractivity contribution is -0.122. The molecule has 5 nitrogen and oxygen atoms in total. The SMILES string of the molecule is Cc1ccccc1C(=O)Nc1ccc(NC(=S)NC(=O)C(C)C)cc1. The predicted molar refractivity (Wildman–Crippen MR) is 105 cm³/mol. The van der Waals surface area contributed by atoms with E-state index in [1.807, 2.05) is 25.1 Å². The van der Waals surface area contributed by atoms with Crippen LogP contribution < -0.4 is 16.0 Å². The van der Waals surface area contributed by atoms with Crippen molar-refractivity contribution in [2.75, 3.05) is 10.6 Å². The van der Waals surface area contributed by atoms with Gasteiger partial charge in [0.25, 0.3) is 5.91 Å². The van der Waals surface area contributed by atoms with Crippen LogP contribution in [0.3, 0.4) is 0 Å². The predicted octanol–water partition coefficient (Wildman–Crippen LogP) is 3.72.